The van der Waals surface area contributed by atoms with Gasteiger partial charge < -0.3 is 4.90 Å². The van der Waals surface area contributed by atoms with Gasteiger partial charge >= 0.3 is 0 Å². The minimum absolute atomic E-state index is 1.04. The number of nitrogens with zero attached hydrogens (tertiary/aromatic N) is 1. The van der Waals surface area contributed by atoms with E-state index in [0.717, 1.165) is 11.8 Å². The predicted molar refractivity (Wildman–Crippen MR) is 90.6 cm³/mol. The molecule has 0 radical (unpaired) electrons. The molecule has 0 atom stereocenters. The molecule has 1 aliphatic heterocycles. The van der Waals surface area contributed by atoms with E-state index in [0.29, 0.717) is 0 Å². The first-order chi connectivity index (χ1) is 10.3. The minimum Gasteiger partial charge on any atom is -0.303 e. The van der Waals surface area contributed by atoms with E-state index < -0.39 is 0 Å². The Kier molecular flexibility index (Phi) is 5.35. The summed E-state index contributed by atoms with van der Waals surface area (Å²) in [5.74, 6) is 2.11. The number of hydrogen-bond donors (Lipinski definition) is 0. The predicted octanol–water partition coefficient (Wildman–Crippen LogP) is 4.83. The monoisotopic (exact) mass is 285 g/mol. The molecule has 1 aromatic carbocycles. The highest BCUT2D eigenvalue weighted by Crippen LogP contribution is 2.35. The van der Waals surface area contributed by atoms with E-state index in [-0.39, 0.29) is 0 Å². The molecule has 1 saturated carbocycles. The van der Waals surface area contributed by atoms with Crippen LogP contribution in [0, 0.1) is 18.8 Å². The van der Waals surface area contributed by atoms with Gasteiger partial charge in [0, 0.05) is 6.54 Å². The Morgan fingerprint density at radius 3 is 2.29 bits per heavy atom. The maximum absolute atomic E-state index is 2.70. The van der Waals surface area contributed by atoms with Gasteiger partial charge in [-0.25, -0.2) is 0 Å². The van der Waals surface area contributed by atoms with Crippen LogP contribution in [0.2, 0.25) is 0 Å². The summed E-state index contributed by atoms with van der Waals surface area (Å²) in [7, 11) is 0. The summed E-state index contributed by atoms with van der Waals surface area (Å²) in [6.07, 6.45) is 11.7. The largest absolute Gasteiger partial charge is 0.303 e. The molecule has 0 unspecified atom stereocenters. The van der Waals surface area contributed by atoms with Crippen molar-refractivity contribution in [3.8, 4) is 0 Å². The maximum atomic E-state index is 2.70. The van der Waals surface area contributed by atoms with Crippen molar-refractivity contribution in [3.63, 3.8) is 0 Å². The number of benzene rings is 1. The van der Waals surface area contributed by atoms with Gasteiger partial charge in [0.2, 0.25) is 0 Å². The van der Waals surface area contributed by atoms with Crippen LogP contribution in [0.1, 0.15) is 56.1 Å². The molecule has 3 rings (SSSR count). The fraction of sp³-hybridized carbons (Fsp3) is 0.700. The molecule has 1 saturated heterocycles. The van der Waals surface area contributed by atoms with Gasteiger partial charge in [0.1, 0.15) is 0 Å². The minimum atomic E-state index is 1.04. The van der Waals surface area contributed by atoms with Gasteiger partial charge in [0.05, 0.1) is 0 Å². The smallest absolute Gasteiger partial charge is 0.00219 e. The summed E-state index contributed by atoms with van der Waals surface area (Å²) in [6.45, 7) is 6.17. The van der Waals surface area contributed by atoms with E-state index in [9.17, 15) is 0 Å². The van der Waals surface area contributed by atoms with Crippen molar-refractivity contribution in [1.29, 1.82) is 0 Å². The topological polar surface area (TPSA) is 3.24 Å². The van der Waals surface area contributed by atoms with Gasteiger partial charge in [-0.05, 0) is 62.2 Å². The average molecular weight is 285 g/mol. The fourth-order valence-electron chi connectivity index (χ4n) is 4.42. The van der Waals surface area contributed by atoms with Crippen LogP contribution in [0.3, 0.4) is 0 Å². The van der Waals surface area contributed by atoms with Crippen LogP contribution in [0.25, 0.3) is 0 Å². The number of likely N-dealkylation sites (tertiary alicyclic amines) is 1. The highest BCUT2D eigenvalue weighted by Gasteiger charge is 2.27. The van der Waals surface area contributed by atoms with Crippen molar-refractivity contribution < 1.29 is 0 Å². The van der Waals surface area contributed by atoms with Crippen LogP contribution in [0.15, 0.2) is 24.3 Å². The Morgan fingerprint density at radius 2 is 1.57 bits per heavy atom. The van der Waals surface area contributed by atoms with Crippen LogP contribution >= 0.6 is 0 Å². The Bertz CT molecular complexity index is 425. The second kappa shape index (κ2) is 7.45. The summed E-state index contributed by atoms with van der Waals surface area (Å²) in [4.78, 5) is 2.70. The summed E-state index contributed by atoms with van der Waals surface area (Å²) in [5.41, 5.74) is 2.99. The molecule has 1 heteroatoms. The Balaban J connectivity index is 1.42. The second-order valence-corrected chi connectivity index (χ2v) is 7.25. The molecule has 2 aliphatic rings. The van der Waals surface area contributed by atoms with Crippen molar-refractivity contribution in [3.05, 3.63) is 35.4 Å². The Labute approximate surface area is 130 Å². The Hall–Kier alpha value is -0.820. The van der Waals surface area contributed by atoms with Crippen molar-refractivity contribution in [2.75, 3.05) is 19.6 Å². The lowest BCUT2D eigenvalue weighted by atomic mass is 9.76. The molecule has 1 heterocycles. The molecule has 0 amide bonds. The molecular formula is C20H31N. The fourth-order valence-corrected chi connectivity index (χ4v) is 4.42. The van der Waals surface area contributed by atoms with Crippen molar-refractivity contribution in [1.82, 2.24) is 4.90 Å². The first-order valence-electron chi connectivity index (χ1n) is 9.10. The van der Waals surface area contributed by atoms with Gasteiger partial charge in [0.25, 0.3) is 0 Å². The summed E-state index contributed by atoms with van der Waals surface area (Å²) < 4.78 is 0. The lowest BCUT2D eigenvalue weighted by Crippen LogP contribution is -2.37. The molecule has 116 valence electrons. The summed E-state index contributed by atoms with van der Waals surface area (Å²) in [6, 6.07) is 8.86. The molecule has 0 spiro atoms. The summed E-state index contributed by atoms with van der Waals surface area (Å²) >= 11 is 0. The van der Waals surface area contributed by atoms with Gasteiger partial charge in [-0.15, -0.1) is 0 Å². The molecule has 0 bridgehead atoms. The van der Waals surface area contributed by atoms with E-state index in [1.54, 1.807) is 0 Å². The molecule has 1 aliphatic carbocycles. The van der Waals surface area contributed by atoms with Gasteiger partial charge in [-0.1, -0.05) is 56.4 Å². The number of hydrogen-bond acceptors (Lipinski definition) is 1. The third-order valence-corrected chi connectivity index (χ3v) is 5.91. The first-order valence-corrected chi connectivity index (χ1v) is 9.10. The normalized spacial score (nSPS) is 22.5. The van der Waals surface area contributed by atoms with E-state index in [4.69, 9.17) is 0 Å². The lowest BCUT2D eigenvalue weighted by Gasteiger charge is -2.37. The second-order valence-electron chi connectivity index (χ2n) is 7.25. The zero-order valence-electron chi connectivity index (χ0n) is 13.7. The van der Waals surface area contributed by atoms with Crippen molar-refractivity contribution in [2.24, 2.45) is 11.8 Å². The standard InChI is InChI=1S/C20H31N/c1-17-7-5-6-8-18(17)11-14-21-15-12-20(13-16-21)19-9-3-2-4-10-19/h5-8,19-20H,2-4,9-16H2,1H3. The molecule has 0 N–H and O–H groups in total. The third-order valence-electron chi connectivity index (χ3n) is 5.91. The first kappa shape index (κ1) is 15.1. The molecule has 1 aromatic rings. The SMILES string of the molecule is Cc1ccccc1CCN1CCC(C2CCCCC2)CC1. The third kappa shape index (κ3) is 4.10. The molecule has 1 nitrogen and oxygen atoms in total. The van der Waals surface area contributed by atoms with Gasteiger partial charge in [0.15, 0.2) is 0 Å². The zero-order chi connectivity index (χ0) is 14.5. The molecule has 2 fully saturated rings. The van der Waals surface area contributed by atoms with Gasteiger partial charge in [-0.3, -0.25) is 0 Å². The number of piperidine rings is 1. The van der Waals surface area contributed by atoms with Crippen LogP contribution in [-0.2, 0) is 6.42 Å². The van der Waals surface area contributed by atoms with Crippen LogP contribution in [-0.4, -0.2) is 24.5 Å². The zero-order valence-corrected chi connectivity index (χ0v) is 13.7. The quantitative estimate of drug-likeness (QED) is 0.766. The van der Waals surface area contributed by atoms with Crippen molar-refractivity contribution >= 4 is 0 Å². The van der Waals surface area contributed by atoms with E-state index in [2.05, 4.69) is 36.1 Å². The molecule has 21 heavy (non-hydrogen) atoms. The maximum Gasteiger partial charge on any atom is 0.00219 e. The van der Waals surface area contributed by atoms with Gasteiger partial charge in [-0.2, -0.15) is 0 Å². The lowest BCUT2D eigenvalue weighted by molar-refractivity contribution is 0.128. The van der Waals surface area contributed by atoms with Crippen LogP contribution in [0.5, 0.6) is 0 Å². The summed E-state index contributed by atoms with van der Waals surface area (Å²) in [5, 5.41) is 0. The van der Waals surface area contributed by atoms with E-state index in [1.807, 2.05) is 0 Å². The Morgan fingerprint density at radius 1 is 0.905 bits per heavy atom. The van der Waals surface area contributed by atoms with Crippen molar-refractivity contribution in [2.45, 2.75) is 58.3 Å². The number of aryl methyl sites for hydroxylation is 1. The van der Waals surface area contributed by atoms with Crippen LogP contribution in [0.4, 0.5) is 0 Å². The molecule has 0 aromatic heterocycles. The average Bonchev–Trinajstić information content (AvgIpc) is 2.55. The number of rotatable bonds is 4. The van der Waals surface area contributed by atoms with Crippen LogP contribution < -0.4 is 0 Å². The van der Waals surface area contributed by atoms with E-state index in [1.165, 1.54) is 82.1 Å². The van der Waals surface area contributed by atoms with E-state index >= 15 is 0 Å². The highest BCUT2D eigenvalue weighted by molar-refractivity contribution is 5.25. The highest BCUT2D eigenvalue weighted by atomic mass is 15.1. The molecular weight excluding hydrogens is 254 g/mol.